The van der Waals surface area contributed by atoms with E-state index in [0.29, 0.717) is 13.0 Å². The number of hydrogen-bond donors (Lipinski definition) is 2. The maximum atomic E-state index is 10.9. The van der Waals surface area contributed by atoms with Crippen LogP contribution in [0.25, 0.3) is 0 Å². The van der Waals surface area contributed by atoms with Crippen LogP contribution in [0.4, 0.5) is 0 Å². The van der Waals surface area contributed by atoms with E-state index in [2.05, 4.69) is 9.80 Å². The highest BCUT2D eigenvalue weighted by Gasteiger charge is 2.17. The summed E-state index contributed by atoms with van der Waals surface area (Å²) in [6.45, 7) is 8.39. The average molecular weight is 274 g/mol. The van der Waals surface area contributed by atoms with Crippen molar-refractivity contribution in [3.63, 3.8) is 0 Å². The molecule has 1 heterocycles. The summed E-state index contributed by atoms with van der Waals surface area (Å²) in [4.78, 5) is 15.4. The molecule has 1 rings (SSSR count). The zero-order chi connectivity index (χ0) is 14.1. The summed E-state index contributed by atoms with van der Waals surface area (Å²) in [6.07, 6.45) is 0.690. The van der Waals surface area contributed by atoms with E-state index < -0.39 is 5.97 Å². The monoisotopic (exact) mass is 274 g/mol. The molecule has 6 heteroatoms. The van der Waals surface area contributed by atoms with Crippen LogP contribution in [0, 0.1) is 5.92 Å². The molecular formula is C13H26N2O4. The molecule has 0 bridgehead atoms. The second kappa shape index (κ2) is 9.25. The molecule has 0 aromatic carbocycles. The van der Waals surface area contributed by atoms with Crippen molar-refractivity contribution in [1.82, 2.24) is 9.80 Å². The first kappa shape index (κ1) is 16.4. The van der Waals surface area contributed by atoms with Gasteiger partial charge < -0.3 is 19.8 Å². The number of morpholine rings is 1. The van der Waals surface area contributed by atoms with Crippen LogP contribution in [0.3, 0.4) is 0 Å². The number of carboxylic acid groups (broad SMARTS) is 1. The number of hydrogen-bond acceptors (Lipinski definition) is 5. The second-order valence-corrected chi connectivity index (χ2v) is 5.07. The number of aliphatic carboxylic acids is 1. The molecule has 1 saturated heterocycles. The number of carboxylic acids is 1. The van der Waals surface area contributed by atoms with Crippen molar-refractivity contribution < 1.29 is 19.7 Å². The fourth-order valence-corrected chi connectivity index (χ4v) is 2.16. The zero-order valence-corrected chi connectivity index (χ0v) is 11.8. The summed E-state index contributed by atoms with van der Waals surface area (Å²) in [6, 6.07) is 0. The lowest BCUT2D eigenvalue weighted by atomic mass is 10.1. The molecular weight excluding hydrogens is 248 g/mol. The van der Waals surface area contributed by atoms with Gasteiger partial charge >= 0.3 is 5.97 Å². The van der Waals surface area contributed by atoms with Gasteiger partial charge in [0, 0.05) is 45.9 Å². The standard InChI is InChI=1S/C13H26N2O4/c1-12(13(17)18)11-15(3-2-8-16)5-4-14-6-9-19-10-7-14/h12,16H,2-11H2,1H3,(H,17,18). The third-order valence-electron chi connectivity index (χ3n) is 3.42. The summed E-state index contributed by atoms with van der Waals surface area (Å²) in [5.41, 5.74) is 0. The van der Waals surface area contributed by atoms with E-state index in [9.17, 15) is 4.79 Å². The Morgan fingerprint density at radius 1 is 1.37 bits per heavy atom. The van der Waals surface area contributed by atoms with Crippen molar-refractivity contribution in [3.05, 3.63) is 0 Å². The van der Waals surface area contributed by atoms with Crippen molar-refractivity contribution in [2.45, 2.75) is 13.3 Å². The fourth-order valence-electron chi connectivity index (χ4n) is 2.16. The predicted molar refractivity (Wildman–Crippen MR) is 72.2 cm³/mol. The molecule has 1 unspecified atom stereocenters. The topological polar surface area (TPSA) is 73.2 Å². The number of nitrogens with zero attached hydrogens (tertiary/aromatic N) is 2. The van der Waals surface area contributed by atoms with Gasteiger partial charge in [-0.2, -0.15) is 0 Å². The Labute approximate surface area is 114 Å². The Morgan fingerprint density at radius 2 is 2.05 bits per heavy atom. The summed E-state index contributed by atoms with van der Waals surface area (Å²) in [7, 11) is 0. The molecule has 0 radical (unpaired) electrons. The van der Waals surface area contributed by atoms with Crippen LogP contribution in [-0.4, -0.2) is 85.1 Å². The molecule has 1 aliphatic rings. The quantitative estimate of drug-likeness (QED) is 0.603. The van der Waals surface area contributed by atoms with E-state index in [1.54, 1.807) is 6.92 Å². The lowest BCUT2D eigenvalue weighted by molar-refractivity contribution is -0.141. The normalized spacial score (nSPS) is 18.7. The van der Waals surface area contributed by atoms with Crippen molar-refractivity contribution in [2.24, 2.45) is 5.92 Å². The number of aliphatic hydroxyl groups is 1. The molecule has 0 aromatic heterocycles. The van der Waals surface area contributed by atoms with Crippen molar-refractivity contribution in [1.29, 1.82) is 0 Å². The van der Waals surface area contributed by atoms with Crippen LogP contribution in [0.2, 0.25) is 0 Å². The van der Waals surface area contributed by atoms with Crippen molar-refractivity contribution in [2.75, 3.05) is 59.1 Å². The van der Waals surface area contributed by atoms with Gasteiger partial charge in [-0.05, 0) is 6.42 Å². The van der Waals surface area contributed by atoms with Crippen LogP contribution in [-0.2, 0) is 9.53 Å². The highest BCUT2D eigenvalue weighted by Crippen LogP contribution is 2.03. The first-order valence-corrected chi connectivity index (χ1v) is 6.99. The molecule has 2 N–H and O–H groups in total. The van der Waals surface area contributed by atoms with E-state index in [-0.39, 0.29) is 12.5 Å². The molecule has 1 fully saturated rings. The molecule has 0 spiro atoms. The molecule has 6 nitrogen and oxygen atoms in total. The summed E-state index contributed by atoms with van der Waals surface area (Å²) in [5.74, 6) is -1.14. The van der Waals surface area contributed by atoms with Gasteiger partial charge in [0.25, 0.3) is 0 Å². The van der Waals surface area contributed by atoms with Crippen LogP contribution in [0.5, 0.6) is 0 Å². The van der Waals surface area contributed by atoms with Crippen LogP contribution in [0.1, 0.15) is 13.3 Å². The third-order valence-corrected chi connectivity index (χ3v) is 3.42. The first-order valence-electron chi connectivity index (χ1n) is 6.99. The largest absolute Gasteiger partial charge is 0.481 e. The molecule has 0 aromatic rings. The Hall–Kier alpha value is -0.690. The van der Waals surface area contributed by atoms with E-state index in [1.165, 1.54) is 0 Å². The van der Waals surface area contributed by atoms with Gasteiger partial charge in [0.1, 0.15) is 0 Å². The number of carbonyl (C=O) groups is 1. The molecule has 1 aliphatic heterocycles. The smallest absolute Gasteiger partial charge is 0.307 e. The zero-order valence-electron chi connectivity index (χ0n) is 11.8. The minimum atomic E-state index is -0.764. The summed E-state index contributed by atoms with van der Waals surface area (Å²) >= 11 is 0. The van der Waals surface area contributed by atoms with Crippen LogP contribution >= 0.6 is 0 Å². The van der Waals surface area contributed by atoms with E-state index >= 15 is 0 Å². The highest BCUT2D eigenvalue weighted by molar-refractivity contribution is 5.69. The second-order valence-electron chi connectivity index (χ2n) is 5.07. The lowest BCUT2D eigenvalue weighted by Gasteiger charge is -2.30. The van der Waals surface area contributed by atoms with Gasteiger partial charge in [-0.25, -0.2) is 0 Å². The Morgan fingerprint density at radius 3 is 2.63 bits per heavy atom. The average Bonchev–Trinajstić information content (AvgIpc) is 2.42. The highest BCUT2D eigenvalue weighted by atomic mass is 16.5. The maximum absolute atomic E-state index is 10.9. The van der Waals surface area contributed by atoms with Gasteiger partial charge in [-0.1, -0.05) is 6.92 Å². The lowest BCUT2D eigenvalue weighted by Crippen LogP contribution is -2.43. The molecule has 0 saturated carbocycles. The van der Waals surface area contributed by atoms with Crippen LogP contribution < -0.4 is 0 Å². The maximum Gasteiger partial charge on any atom is 0.307 e. The van der Waals surface area contributed by atoms with Gasteiger partial charge in [-0.3, -0.25) is 9.69 Å². The van der Waals surface area contributed by atoms with Crippen molar-refractivity contribution in [3.8, 4) is 0 Å². The SMILES string of the molecule is CC(CN(CCCO)CCN1CCOCC1)C(=O)O. The number of ether oxygens (including phenoxy) is 1. The Bertz CT molecular complexity index is 257. The van der Waals surface area contributed by atoms with Gasteiger partial charge in [0.15, 0.2) is 0 Å². The van der Waals surface area contributed by atoms with Crippen molar-refractivity contribution >= 4 is 5.97 Å². The minimum absolute atomic E-state index is 0.148. The van der Waals surface area contributed by atoms with E-state index in [0.717, 1.165) is 45.9 Å². The van der Waals surface area contributed by atoms with Crippen LogP contribution in [0.15, 0.2) is 0 Å². The molecule has 1 atom stereocenters. The Balaban J connectivity index is 2.32. The number of aliphatic hydroxyl groups excluding tert-OH is 1. The van der Waals surface area contributed by atoms with E-state index in [4.69, 9.17) is 14.9 Å². The van der Waals surface area contributed by atoms with E-state index in [1.807, 2.05) is 0 Å². The summed E-state index contributed by atoms with van der Waals surface area (Å²) < 4.78 is 5.30. The van der Waals surface area contributed by atoms with Gasteiger partial charge in [0.05, 0.1) is 19.1 Å². The molecule has 0 aliphatic carbocycles. The summed E-state index contributed by atoms with van der Waals surface area (Å²) in [5, 5.41) is 17.9. The number of rotatable bonds is 9. The first-order chi connectivity index (χ1) is 9.13. The predicted octanol–water partition coefficient (Wildman–Crippen LogP) is -0.276. The minimum Gasteiger partial charge on any atom is -0.481 e. The fraction of sp³-hybridized carbons (Fsp3) is 0.923. The molecule has 112 valence electrons. The molecule has 0 amide bonds. The third kappa shape index (κ3) is 6.87. The van der Waals surface area contributed by atoms with Gasteiger partial charge in [0.2, 0.25) is 0 Å². The Kier molecular flexibility index (Phi) is 7.97. The van der Waals surface area contributed by atoms with Gasteiger partial charge in [-0.15, -0.1) is 0 Å². The molecule has 19 heavy (non-hydrogen) atoms.